The van der Waals surface area contributed by atoms with E-state index in [0.29, 0.717) is 21.2 Å². The summed E-state index contributed by atoms with van der Waals surface area (Å²) in [5.74, 6) is -1.16. The Morgan fingerprint density at radius 2 is 1.97 bits per heavy atom. The molecule has 1 N–H and O–H groups in total. The van der Waals surface area contributed by atoms with Crippen LogP contribution in [0.25, 0.3) is 10.1 Å². The van der Waals surface area contributed by atoms with Crippen molar-refractivity contribution in [1.29, 1.82) is 0 Å². The highest BCUT2D eigenvalue weighted by molar-refractivity contribution is 7.21. The fraction of sp³-hybridized carbons (Fsp3) is 0.250. The van der Waals surface area contributed by atoms with Crippen molar-refractivity contribution in [3.05, 3.63) is 58.2 Å². The second-order valence-electron chi connectivity index (χ2n) is 6.31. The lowest BCUT2D eigenvalue weighted by Gasteiger charge is -2.14. The number of carbonyl (C=O) groups excluding carboxylic acids is 1. The highest BCUT2D eigenvalue weighted by Gasteiger charge is 2.29. The Hall–Kier alpha value is -2.65. The first-order valence-corrected chi connectivity index (χ1v) is 9.31. The van der Waals surface area contributed by atoms with Gasteiger partial charge in [0.05, 0.1) is 17.2 Å². The fourth-order valence-corrected chi connectivity index (χ4v) is 3.94. The molecule has 1 aromatic heterocycles. The number of aryl methyl sites for hydroxylation is 1. The van der Waals surface area contributed by atoms with Crippen LogP contribution in [0, 0.1) is 12.7 Å². The predicted molar refractivity (Wildman–Crippen MR) is 103 cm³/mol. The number of fused-ring (bicyclic) bond motifs is 1. The average Bonchev–Trinajstić information content (AvgIpc) is 3.01. The molecule has 3 rings (SSSR count). The van der Waals surface area contributed by atoms with Gasteiger partial charge in [0, 0.05) is 22.8 Å². The Morgan fingerprint density at radius 1 is 1.21 bits per heavy atom. The van der Waals surface area contributed by atoms with Gasteiger partial charge in [-0.05, 0) is 36.8 Å². The Morgan fingerprint density at radius 3 is 2.66 bits per heavy atom. The van der Waals surface area contributed by atoms with Gasteiger partial charge in [0.2, 0.25) is 0 Å². The highest BCUT2D eigenvalue weighted by Crippen LogP contribution is 2.35. The van der Waals surface area contributed by atoms with E-state index in [9.17, 15) is 22.4 Å². The molecule has 154 valence electrons. The van der Waals surface area contributed by atoms with Crippen LogP contribution in [0.4, 0.5) is 23.2 Å². The number of halogens is 4. The molecule has 4 nitrogen and oxygen atoms in total. The van der Waals surface area contributed by atoms with Crippen LogP contribution in [0.1, 0.15) is 20.8 Å². The van der Waals surface area contributed by atoms with Crippen molar-refractivity contribution >= 4 is 33.0 Å². The molecule has 0 radical (unpaired) electrons. The number of thiophene rings is 1. The van der Waals surface area contributed by atoms with Crippen molar-refractivity contribution < 1.29 is 31.8 Å². The zero-order chi connectivity index (χ0) is 21.2. The maximum absolute atomic E-state index is 14.3. The smallest absolute Gasteiger partial charge is 0.422 e. The lowest BCUT2D eigenvalue weighted by Crippen LogP contribution is -2.20. The van der Waals surface area contributed by atoms with E-state index in [1.54, 1.807) is 19.1 Å². The zero-order valence-corrected chi connectivity index (χ0v) is 16.3. The summed E-state index contributed by atoms with van der Waals surface area (Å²) in [7, 11) is 1.43. The summed E-state index contributed by atoms with van der Waals surface area (Å²) in [4.78, 5) is 13.1. The minimum atomic E-state index is -4.51. The maximum atomic E-state index is 14.3. The monoisotopic (exact) mass is 427 g/mol. The van der Waals surface area contributed by atoms with Gasteiger partial charge >= 0.3 is 6.18 Å². The summed E-state index contributed by atoms with van der Waals surface area (Å²) >= 11 is 1.08. The number of benzene rings is 2. The van der Waals surface area contributed by atoms with E-state index >= 15 is 0 Å². The number of anilines is 1. The third-order valence-corrected chi connectivity index (χ3v) is 5.23. The number of hydrogen-bond acceptors (Lipinski definition) is 4. The van der Waals surface area contributed by atoms with E-state index in [2.05, 4.69) is 5.32 Å². The molecule has 0 atom stereocenters. The molecule has 3 aromatic rings. The van der Waals surface area contributed by atoms with Crippen molar-refractivity contribution in [1.82, 2.24) is 0 Å². The lowest BCUT2D eigenvalue weighted by molar-refractivity contribution is -0.153. The first-order valence-electron chi connectivity index (χ1n) is 8.50. The number of rotatable bonds is 6. The molecule has 0 bridgehead atoms. The second-order valence-corrected chi connectivity index (χ2v) is 7.37. The molecular weight excluding hydrogens is 410 g/mol. The minimum absolute atomic E-state index is 0.00894. The van der Waals surface area contributed by atoms with E-state index in [1.807, 2.05) is 0 Å². The summed E-state index contributed by atoms with van der Waals surface area (Å²) in [6, 6.07) is 9.01. The molecule has 0 saturated heterocycles. The van der Waals surface area contributed by atoms with Gasteiger partial charge in [-0.15, -0.1) is 11.3 Å². The number of nitrogens with one attached hydrogen (secondary N) is 1. The summed E-state index contributed by atoms with van der Waals surface area (Å²) in [6.07, 6.45) is -4.51. The lowest BCUT2D eigenvalue weighted by atomic mass is 10.1. The third kappa shape index (κ3) is 4.86. The number of ether oxygens (including phenoxy) is 2. The van der Waals surface area contributed by atoms with Crippen LogP contribution in [0.3, 0.4) is 0 Å². The van der Waals surface area contributed by atoms with E-state index in [0.717, 1.165) is 11.3 Å². The van der Waals surface area contributed by atoms with Gasteiger partial charge in [-0.2, -0.15) is 13.2 Å². The zero-order valence-electron chi connectivity index (χ0n) is 15.5. The van der Waals surface area contributed by atoms with Crippen LogP contribution in [-0.2, 0) is 11.3 Å². The quantitative estimate of drug-likeness (QED) is 0.514. The van der Waals surface area contributed by atoms with Crippen LogP contribution in [0.5, 0.6) is 5.75 Å². The van der Waals surface area contributed by atoms with Crippen molar-refractivity contribution in [2.24, 2.45) is 0 Å². The van der Waals surface area contributed by atoms with Crippen molar-refractivity contribution in [2.45, 2.75) is 19.7 Å². The van der Waals surface area contributed by atoms with E-state index in [4.69, 9.17) is 9.47 Å². The van der Waals surface area contributed by atoms with Crippen LogP contribution < -0.4 is 10.1 Å². The molecule has 0 spiro atoms. The maximum Gasteiger partial charge on any atom is 0.422 e. The molecule has 0 unspecified atom stereocenters. The molecule has 0 saturated carbocycles. The third-order valence-electron chi connectivity index (χ3n) is 4.03. The highest BCUT2D eigenvalue weighted by atomic mass is 32.1. The van der Waals surface area contributed by atoms with Gasteiger partial charge < -0.3 is 14.8 Å². The normalized spacial score (nSPS) is 11.7. The summed E-state index contributed by atoms with van der Waals surface area (Å²) < 4.78 is 62.4. The molecule has 9 heteroatoms. The van der Waals surface area contributed by atoms with Crippen LogP contribution in [0.15, 0.2) is 36.4 Å². The largest absolute Gasteiger partial charge is 0.482 e. The summed E-state index contributed by atoms with van der Waals surface area (Å²) in [5, 5.41) is 2.86. The Labute approximate surface area is 168 Å². The SMILES string of the molecule is COCc1c(C(=O)Nc2ccc(C)cc2OCC(F)(F)F)sc2cccc(F)c12. The van der Waals surface area contributed by atoms with Crippen LogP contribution in [0.2, 0.25) is 0 Å². The summed E-state index contributed by atoms with van der Waals surface area (Å²) in [6.45, 7) is 0.217. The Balaban J connectivity index is 1.95. The van der Waals surface area contributed by atoms with Gasteiger partial charge in [-0.3, -0.25) is 4.79 Å². The molecule has 0 aliphatic heterocycles. The van der Waals surface area contributed by atoms with Crippen molar-refractivity contribution in [3.8, 4) is 5.75 Å². The number of hydrogen-bond donors (Lipinski definition) is 1. The van der Waals surface area contributed by atoms with Crippen LogP contribution in [-0.4, -0.2) is 25.8 Å². The number of amides is 1. The second kappa shape index (κ2) is 8.38. The number of methoxy groups -OCH3 is 1. The van der Waals surface area contributed by atoms with E-state index in [1.165, 1.54) is 31.4 Å². The minimum Gasteiger partial charge on any atom is -0.482 e. The van der Waals surface area contributed by atoms with Crippen molar-refractivity contribution in [3.63, 3.8) is 0 Å². The Kier molecular flexibility index (Phi) is 6.09. The van der Waals surface area contributed by atoms with Gasteiger partial charge in [-0.1, -0.05) is 12.1 Å². The van der Waals surface area contributed by atoms with Crippen LogP contribution >= 0.6 is 11.3 Å². The van der Waals surface area contributed by atoms with Gasteiger partial charge in [-0.25, -0.2) is 4.39 Å². The molecular formula is C20H17F4NO3S. The van der Waals surface area contributed by atoms with Gasteiger partial charge in [0.15, 0.2) is 6.61 Å². The van der Waals surface area contributed by atoms with Crippen molar-refractivity contribution in [2.75, 3.05) is 19.0 Å². The number of carbonyl (C=O) groups is 1. The van der Waals surface area contributed by atoms with Gasteiger partial charge in [0.25, 0.3) is 5.91 Å². The average molecular weight is 427 g/mol. The molecule has 29 heavy (non-hydrogen) atoms. The topological polar surface area (TPSA) is 47.6 Å². The molecule has 0 aliphatic carbocycles. The number of alkyl halides is 3. The molecule has 0 fully saturated rings. The first kappa shape index (κ1) is 21.1. The summed E-state index contributed by atoms with van der Waals surface area (Å²) in [5.41, 5.74) is 1.14. The fourth-order valence-electron chi connectivity index (χ4n) is 2.82. The molecule has 1 amide bonds. The predicted octanol–water partition coefficient (Wildman–Crippen LogP) is 5.69. The van der Waals surface area contributed by atoms with E-state index < -0.39 is 24.5 Å². The first-order chi connectivity index (χ1) is 13.7. The Bertz CT molecular complexity index is 1050. The van der Waals surface area contributed by atoms with Gasteiger partial charge in [0.1, 0.15) is 11.6 Å². The molecule has 2 aromatic carbocycles. The molecule has 1 heterocycles. The van der Waals surface area contributed by atoms with E-state index in [-0.39, 0.29) is 22.9 Å². The molecule has 0 aliphatic rings. The standard InChI is InChI=1S/C20H17F4NO3S/c1-11-6-7-14(15(8-11)28-10-20(22,23)24)25-19(26)18-12(9-27-2)17-13(21)4-3-5-16(17)29-18/h3-8H,9-10H2,1-2H3,(H,25,26).